The fourth-order valence-electron chi connectivity index (χ4n) is 13.7. The molecule has 0 unspecified atom stereocenters. The normalized spacial score (nSPS) is 13.7. The molecule has 0 amide bonds. The van der Waals surface area contributed by atoms with Crippen molar-refractivity contribution in [3.05, 3.63) is 291 Å². The van der Waals surface area contributed by atoms with Crippen molar-refractivity contribution >= 4 is 103 Å². The van der Waals surface area contributed by atoms with Crippen molar-refractivity contribution in [1.82, 2.24) is 74.5 Å². The van der Waals surface area contributed by atoms with E-state index in [1.807, 2.05) is 114 Å². The number of anilines is 3. The fourth-order valence-corrected chi connectivity index (χ4v) is 15.1. The van der Waals surface area contributed by atoms with Gasteiger partial charge in [-0.3, -0.25) is 39.8 Å². The molecular formula is C92H99Br4FN22Na2O15. The van der Waals surface area contributed by atoms with E-state index in [-0.39, 0.29) is 66.2 Å². The van der Waals surface area contributed by atoms with Crippen molar-refractivity contribution in [2.75, 3.05) is 174 Å². The SMILES string of the molecule is Brc1ccc2nnn(Cc3cccc(-c4ncc(OCCN5CCOCC5)cn4)c3)c2c1.NCc1cccc(-c2ncc(OCCN3CCOCC3)cn2)c1.Nc1ccc(Br)cc1NCc1cccc(-c2ncc(OCCN3CCOCC3)cn2)c1.O=NO[O-].O=[N+]([O-])c1ccc(Br)cc1F.O=[N+]([O-])c1ccc(Br)cc1NCc1cccc(-c2ncc(OCCN3CCOCC3)cn2)c1.[H-].[Na+].[Na+]. The van der Waals surface area contributed by atoms with E-state index < -0.39 is 21.4 Å². The Bertz CT molecular complexity index is 5870. The Morgan fingerprint density at radius 1 is 0.434 bits per heavy atom. The molecule has 0 spiro atoms. The van der Waals surface area contributed by atoms with Crippen LogP contribution in [0, 0.1) is 31.0 Å². The number of hydrogen-bond donors (Lipinski definition) is 4. The molecule has 44 heteroatoms. The first kappa shape index (κ1) is 108. The summed E-state index contributed by atoms with van der Waals surface area (Å²) in [6.07, 6.45) is 13.7. The van der Waals surface area contributed by atoms with E-state index in [1.54, 1.807) is 61.7 Å². The summed E-state index contributed by atoms with van der Waals surface area (Å²) in [5.74, 6) is 4.46. The average molecular weight is 2140 g/mol. The third kappa shape index (κ3) is 35.9. The van der Waals surface area contributed by atoms with Crippen LogP contribution >= 0.6 is 63.7 Å². The second kappa shape index (κ2) is 58.5. The molecule has 0 aliphatic carbocycles. The van der Waals surface area contributed by atoms with Crippen LogP contribution in [0.5, 0.6) is 23.0 Å². The monoisotopic (exact) mass is 2130 g/mol. The van der Waals surface area contributed by atoms with Gasteiger partial charge in [0, 0.05) is 150 Å². The quantitative estimate of drug-likeness (QED) is 0.00769. The van der Waals surface area contributed by atoms with Crippen molar-refractivity contribution in [3.8, 4) is 68.5 Å². The molecule has 0 bridgehead atoms. The first-order chi connectivity index (χ1) is 65.4. The van der Waals surface area contributed by atoms with E-state index in [0.717, 1.165) is 218 Å². The zero-order chi connectivity index (χ0) is 94.0. The molecule has 9 heterocycles. The number of nitrogens with two attached hydrogens (primary N) is 2. The predicted octanol–water partition coefficient (Wildman–Crippen LogP) is 8.25. The van der Waals surface area contributed by atoms with Gasteiger partial charge >= 0.3 is 64.8 Å². The molecule has 37 nitrogen and oxygen atoms in total. The molecule has 5 aromatic heterocycles. The molecule has 4 fully saturated rings. The zero-order valence-electron chi connectivity index (χ0n) is 75.8. The van der Waals surface area contributed by atoms with Gasteiger partial charge in [-0.25, -0.2) is 44.6 Å². The van der Waals surface area contributed by atoms with Crippen LogP contribution in [0.1, 0.15) is 23.7 Å². The average Bonchev–Trinajstić information content (AvgIpc) is 1.66. The molecule has 4 saturated heterocycles. The van der Waals surface area contributed by atoms with Crippen molar-refractivity contribution in [1.29, 1.82) is 0 Å². The Labute approximate surface area is 863 Å². The minimum absolute atomic E-state index is 0. The first-order valence-corrected chi connectivity index (χ1v) is 45.8. The third-order valence-corrected chi connectivity index (χ3v) is 22.7. The Hall–Kier alpha value is -10.3. The Morgan fingerprint density at radius 2 is 0.757 bits per heavy atom. The number of fused-ring (bicyclic) bond motifs is 1. The molecule has 6 N–H and O–H groups in total. The molecule has 13 aromatic rings. The summed E-state index contributed by atoms with van der Waals surface area (Å²) in [6, 6.07) is 52.2. The van der Waals surface area contributed by atoms with Gasteiger partial charge in [0.1, 0.15) is 43.0 Å². The Kier molecular flexibility index (Phi) is 46.3. The summed E-state index contributed by atoms with van der Waals surface area (Å²) in [7, 11) is 0. The predicted molar refractivity (Wildman–Crippen MR) is 516 cm³/mol. The van der Waals surface area contributed by atoms with Crippen molar-refractivity contribution < 1.29 is 123 Å². The van der Waals surface area contributed by atoms with Crippen molar-refractivity contribution in [2.24, 2.45) is 11.1 Å². The molecule has 0 atom stereocenters. The molecule has 0 radical (unpaired) electrons. The zero-order valence-corrected chi connectivity index (χ0v) is 85.1. The summed E-state index contributed by atoms with van der Waals surface area (Å²) < 4.78 is 62.3. The van der Waals surface area contributed by atoms with E-state index in [4.69, 9.17) is 59.5 Å². The molecule has 4 aliphatic rings. The molecule has 8 aromatic carbocycles. The summed E-state index contributed by atoms with van der Waals surface area (Å²) in [4.78, 5) is 75.9. The molecule has 17 rings (SSSR count). The number of nitrogens with one attached hydrogen (secondary N) is 2. The maximum atomic E-state index is 12.6. The van der Waals surface area contributed by atoms with Crippen LogP contribution in [0.25, 0.3) is 56.6 Å². The molecule has 4 aliphatic heterocycles. The van der Waals surface area contributed by atoms with E-state index in [0.29, 0.717) is 115 Å². The van der Waals surface area contributed by atoms with Gasteiger partial charge in [0.25, 0.3) is 5.69 Å². The second-order valence-electron chi connectivity index (χ2n) is 29.9. The van der Waals surface area contributed by atoms with Gasteiger partial charge < -0.3 is 71.7 Å². The van der Waals surface area contributed by atoms with Gasteiger partial charge in [0.05, 0.1) is 136 Å². The van der Waals surface area contributed by atoms with Crippen LogP contribution in [-0.2, 0) is 50.1 Å². The number of morpholine rings is 4. The number of rotatable bonds is 32. The molecule has 0 saturated carbocycles. The van der Waals surface area contributed by atoms with Crippen LogP contribution in [-0.4, -0.2) is 242 Å². The van der Waals surface area contributed by atoms with E-state index in [9.17, 15) is 24.6 Å². The number of nitrogen functional groups attached to an aromatic ring is 1. The van der Waals surface area contributed by atoms with Crippen molar-refractivity contribution in [2.45, 2.75) is 26.2 Å². The number of nitro groups is 2. The van der Waals surface area contributed by atoms with Gasteiger partial charge in [-0.05, 0) is 107 Å². The Balaban J connectivity index is 0.000000194. The number of benzene rings is 8. The topological polar surface area (TPSA) is 445 Å². The van der Waals surface area contributed by atoms with E-state index >= 15 is 0 Å². The largest absolute Gasteiger partial charge is 1.00 e. The first-order valence-electron chi connectivity index (χ1n) is 42.6. The number of nitrogens with zero attached hydrogens (tertiary/aromatic N) is 18. The maximum Gasteiger partial charge on any atom is 1.00 e. The molecule has 704 valence electrons. The van der Waals surface area contributed by atoms with Gasteiger partial charge in [-0.15, -0.1) is 10.0 Å². The summed E-state index contributed by atoms with van der Waals surface area (Å²) in [5, 5.41) is 46.2. The van der Waals surface area contributed by atoms with Gasteiger partial charge in [-0.1, -0.05) is 142 Å². The second-order valence-corrected chi connectivity index (χ2v) is 33.6. The smallest absolute Gasteiger partial charge is 1.00 e. The fraction of sp³-hybridized carbons (Fsp3) is 0.304. The van der Waals surface area contributed by atoms with Crippen LogP contribution < -0.4 is 105 Å². The number of ether oxygens (including phenoxy) is 8. The summed E-state index contributed by atoms with van der Waals surface area (Å²) in [6.45, 7) is 22.1. The molecule has 136 heavy (non-hydrogen) atoms. The number of aromatic nitrogens is 11. The van der Waals surface area contributed by atoms with Gasteiger partial charge in [0.15, 0.2) is 46.3 Å². The van der Waals surface area contributed by atoms with Gasteiger partial charge in [0.2, 0.25) is 5.82 Å². The summed E-state index contributed by atoms with van der Waals surface area (Å²) in [5.41, 5.74) is 23.1. The van der Waals surface area contributed by atoms with E-state index in [1.165, 1.54) is 17.5 Å². The number of halogens is 5. The number of nitro benzene ring substituents is 2. The third-order valence-electron chi connectivity index (χ3n) is 20.7. The Morgan fingerprint density at radius 3 is 1.13 bits per heavy atom. The van der Waals surface area contributed by atoms with E-state index in [2.05, 4.69) is 173 Å². The maximum absolute atomic E-state index is 12.6. The van der Waals surface area contributed by atoms with Crippen LogP contribution in [0.15, 0.2) is 243 Å². The standard InChI is InChI=1S/C23H23BrN6O2.C23H24BrN5O4.C23H26BrN5O2.C17H22N4O2.C6H3BrFNO2.HNO3.2Na.H/c24-19-4-5-21-22(13-19)30(28-27-21)16-17-2-1-3-18(12-17)23-25-14-20(15-26-23)32-11-8-29-6-9-31-10-7-29;24-19-4-5-22(29(30)31)21(13-19)25-14-17-2-1-3-18(12-17)23-26-15-20(16-27-23)33-11-8-28-6-9-32-10-7-28;24-19-4-5-21(25)22(13-19)26-14-17-2-1-3-18(12-17)23-27-15-20(16-28-23)31-11-8-29-6-9-30-10-7-29;18-11-14-2-1-3-15(10-14)17-19-12-16(13-20-17)23-9-6-21-4-7-22-8-5-21;7-4-1-2-6(9(10)11)5(8)3-4;2-1-4-3;;;/h1-5,12-15H,6-11,16H2;1-5,12-13,15-16,25H,6-11,14H2;1-5,12-13,15-16,26H,6-11,14,25H2;1-3,10,12-13H,4-9,11,18H2;1-3H;3H;;;/q;;;;;;2*+1;-1/p-1. The minimum atomic E-state index is -0.829. The van der Waals surface area contributed by atoms with Crippen LogP contribution in [0.4, 0.5) is 32.8 Å². The van der Waals surface area contributed by atoms with Crippen molar-refractivity contribution in [3.63, 3.8) is 0 Å². The van der Waals surface area contributed by atoms with Crippen LogP contribution in [0.2, 0.25) is 0 Å². The summed E-state index contributed by atoms with van der Waals surface area (Å²) >= 11 is 13.3. The minimum Gasteiger partial charge on any atom is -1.00 e. The van der Waals surface area contributed by atoms with Crippen LogP contribution in [0.3, 0.4) is 0 Å². The molecular weight excluding hydrogens is 2040 g/mol. The van der Waals surface area contributed by atoms with Gasteiger partial charge in [-0.2, -0.15) is 4.39 Å². The number of hydrogen-bond acceptors (Lipinski definition) is 34.